The quantitative estimate of drug-likeness (QED) is 0.860. The Morgan fingerprint density at radius 1 is 1.43 bits per heavy atom. The molecule has 1 aromatic carbocycles. The minimum atomic E-state index is -0.0321. The topological polar surface area (TPSA) is 52.6 Å². The third-order valence-corrected chi connectivity index (χ3v) is 5.51. The summed E-state index contributed by atoms with van der Waals surface area (Å²) in [4.78, 5) is 15.8. The Bertz CT molecular complexity index is 478. The van der Waals surface area contributed by atoms with Gasteiger partial charge in [0.05, 0.1) is 11.9 Å². The van der Waals surface area contributed by atoms with Crippen LogP contribution in [0.1, 0.15) is 18.4 Å². The highest BCUT2D eigenvalue weighted by molar-refractivity contribution is 8.01. The van der Waals surface area contributed by atoms with Crippen molar-refractivity contribution < 1.29 is 9.90 Å². The van der Waals surface area contributed by atoms with Gasteiger partial charge in [-0.25, -0.2) is 0 Å². The Labute approximate surface area is 129 Å². The number of thioether (sulfide) groups is 1. The van der Waals surface area contributed by atoms with Gasteiger partial charge in [0, 0.05) is 24.0 Å². The lowest BCUT2D eigenvalue weighted by molar-refractivity contribution is -0.131. The maximum Gasteiger partial charge on any atom is 0.236 e. The summed E-state index contributed by atoms with van der Waals surface area (Å²) in [5.41, 5.74) is 1.27. The number of rotatable bonds is 5. The monoisotopic (exact) mass is 306 g/mol. The summed E-state index contributed by atoms with van der Waals surface area (Å²) in [5, 5.41) is 12.6. The van der Waals surface area contributed by atoms with Gasteiger partial charge in [0.15, 0.2) is 0 Å². The molecule has 4 nitrogen and oxygen atoms in total. The predicted molar refractivity (Wildman–Crippen MR) is 84.5 cm³/mol. The molecule has 0 aliphatic carbocycles. The number of carbonyl (C=O) groups is 1. The fourth-order valence-corrected chi connectivity index (χ4v) is 4.39. The van der Waals surface area contributed by atoms with Crippen LogP contribution in [0.15, 0.2) is 29.2 Å². The molecule has 3 rings (SSSR count). The van der Waals surface area contributed by atoms with E-state index < -0.39 is 0 Å². The molecule has 0 aromatic heterocycles. The molecule has 2 N–H and O–H groups in total. The van der Waals surface area contributed by atoms with Crippen molar-refractivity contribution in [2.24, 2.45) is 0 Å². The average Bonchev–Trinajstić information content (AvgIpc) is 3.14. The third kappa shape index (κ3) is 3.42. The number of hydrogen-bond donors (Lipinski definition) is 2. The highest BCUT2D eigenvalue weighted by Crippen LogP contribution is 2.37. The largest absolute Gasteiger partial charge is 0.395 e. The Morgan fingerprint density at radius 2 is 2.29 bits per heavy atom. The first-order valence-electron chi connectivity index (χ1n) is 7.65. The van der Waals surface area contributed by atoms with E-state index in [1.54, 1.807) is 11.8 Å². The van der Waals surface area contributed by atoms with Crippen LogP contribution in [0.25, 0.3) is 0 Å². The molecule has 2 heterocycles. The van der Waals surface area contributed by atoms with E-state index in [9.17, 15) is 9.90 Å². The number of aliphatic hydroxyl groups excluding tert-OH is 1. The summed E-state index contributed by atoms with van der Waals surface area (Å²) < 4.78 is 0. The van der Waals surface area contributed by atoms with E-state index in [1.807, 2.05) is 17.0 Å². The van der Waals surface area contributed by atoms with Crippen LogP contribution in [0.3, 0.4) is 0 Å². The molecule has 0 saturated carbocycles. The normalized spacial score (nSPS) is 24.0. The molecule has 2 aliphatic rings. The zero-order valence-electron chi connectivity index (χ0n) is 12.1. The molecule has 0 spiro atoms. The van der Waals surface area contributed by atoms with E-state index in [0.717, 1.165) is 19.4 Å². The molecule has 1 aromatic rings. The van der Waals surface area contributed by atoms with Crippen molar-refractivity contribution in [1.82, 2.24) is 10.2 Å². The number of benzene rings is 1. The smallest absolute Gasteiger partial charge is 0.236 e. The van der Waals surface area contributed by atoms with Crippen molar-refractivity contribution in [3.63, 3.8) is 0 Å². The fraction of sp³-hybridized carbons (Fsp3) is 0.562. The first-order chi connectivity index (χ1) is 10.3. The van der Waals surface area contributed by atoms with Crippen molar-refractivity contribution in [1.29, 1.82) is 0 Å². The number of nitrogens with zero attached hydrogens (tertiary/aromatic N) is 1. The predicted octanol–water partition coefficient (Wildman–Crippen LogP) is 1.28. The zero-order valence-corrected chi connectivity index (χ0v) is 12.9. The van der Waals surface area contributed by atoms with Gasteiger partial charge in [-0.3, -0.25) is 4.79 Å². The first kappa shape index (κ1) is 14.9. The van der Waals surface area contributed by atoms with Crippen molar-refractivity contribution in [3.05, 3.63) is 29.8 Å². The van der Waals surface area contributed by atoms with Gasteiger partial charge in [0.2, 0.25) is 5.91 Å². The van der Waals surface area contributed by atoms with Gasteiger partial charge in [-0.15, -0.1) is 11.8 Å². The van der Waals surface area contributed by atoms with Crippen LogP contribution >= 0.6 is 11.8 Å². The van der Waals surface area contributed by atoms with Gasteiger partial charge in [0.1, 0.15) is 0 Å². The summed E-state index contributed by atoms with van der Waals surface area (Å²) >= 11 is 1.66. The maximum absolute atomic E-state index is 12.8. The lowest BCUT2D eigenvalue weighted by Gasteiger charge is -2.27. The lowest BCUT2D eigenvalue weighted by Crippen LogP contribution is -2.45. The van der Waals surface area contributed by atoms with Crippen LogP contribution in [0.4, 0.5) is 0 Å². The number of hydrogen-bond acceptors (Lipinski definition) is 4. The van der Waals surface area contributed by atoms with E-state index in [0.29, 0.717) is 19.1 Å². The molecule has 1 saturated heterocycles. The van der Waals surface area contributed by atoms with E-state index in [-0.39, 0.29) is 17.8 Å². The highest BCUT2D eigenvalue weighted by atomic mass is 32.2. The molecule has 2 atom stereocenters. The van der Waals surface area contributed by atoms with Gasteiger partial charge in [0.25, 0.3) is 0 Å². The molecule has 0 bridgehead atoms. The molecule has 1 amide bonds. The van der Waals surface area contributed by atoms with Crippen LogP contribution in [0.2, 0.25) is 0 Å². The van der Waals surface area contributed by atoms with E-state index in [4.69, 9.17) is 0 Å². The molecule has 114 valence electrons. The number of aliphatic hydroxyl groups is 1. The summed E-state index contributed by atoms with van der Waals surface area (Å²) in [7, 11) is 0. The molecule has 0 radical (unpaired) electrons. The van der Waals surface area contributed by atoms with Crippen molar-refractivity contribution >= 4 is 17.7 Å². The zero-order chi connectivity index (χ0) is 14.7. The van der Waals surface area contributed by atoms with Gasteiger partial charge in [-0.2, -0.15) is 0 Å². The molecule has 2 unspecified atom stereocenters. The molecular weight excluding hydrogens is 284 g/mol. The van der Waals surface area contributed by atoms with Gasteiger partial charge >= 0.3 is 0 Å². The van der Waals surface area contributed by atoms with Gasteiger partial charge in [-0.1, -0.05) is 18.2 Å². The molecule has 21 heavy (non-hydrogen) atoms. The van der Waals surface area contributed by atoms with E-state index >= 15 is 0 Å². The summed E-state index contributed by atoms with van der Waals surface area (Å²) in [6.45, 7) is 2.22. The second kappa shape index (κ2) is 6.81. The Hall–Kier alpha value is -1.04. The standard InChI is InChI=1S/C16H22N2O2S/c19-9-8-18(11-13-5-3-7-17-13)16(20)15-10-12-4-1-2-6-14(12)21-15/h1-2,4,6,13,15,17,19H,3,5,7-11H2. The van der Waals surface area contributed by atoms with E-state index in [2.05, 4.69) is 17.4 Å². The Morgan fingerprint density at radius 3 is 3.00 bits per heavy atom. The minimum Gasteiger partial charge on any atom is -0.395 e. The summed E-state index contributed by atoms with van der Waals surface area (Å²) in [6.07, 6.45) is 3.10. The van der Waals surface area contributed by atoms with Crippen molar-refractivity contribution in [2.75, 3.05) is 26.2 Å². The van der Waals surface area contributed by atoms with Crippen LogP contribution in [0.5, 0.6) is 0 Å². The second-order valence-electron chi connectivity index (χ2n) is 5.72. The Balaban J connectivity index is 1.64. The Kier molecular flexibility index (Phi) is 4.83. The van der Waals surface area contributed by atoms with Crippen molar-refractivity contribution in [2.45, 2.75) is 35.4 Å². The summed E-state index contributed by atoms with van der Waals surface area (Å²) in [5.74, 6) is 0.166. The van der Waals surface area contributed by atoms with Crippen LogP contribution in [-0.2, 0) is 11.2 Å². The number of nitrogens with one attached hydrogen (secondary N) is 1. The average molecular weight is 306 g/mol. The SMILES string of the molecule is O=C(C1Cc2ccccc2S1)N(CCO)CC1CCCN1. The maximum atomic E-state index is 12.8. The third-order valence-electron chi connectivity index (χ3n) is 4.21. The molecule has 5 heteroatoms. The van der Waals surface area contributed by atoms with Crippen LogP contribution in [0, 0.1) is 0 Å². The number of amides is 1. The second-order valence-corrected chi connectivity index (χ2v) is 6.96. The number of fused-ring (bicyclic) bond motifs is 1. The van der Waals surface area contributed by atoms with Gasteiger partial charge in [-0.05, 0) is 37.4 Å². The van der Waals surface area contributed by atoms with Gasteiger partial charge < -0.3 is 15.3 Å². The molecule has 2 aliphatic heterocycles. The fourth-order valence-electron chi connectivity index (χ4n) is 3.11. The number of carbonyl (C=O) groups excluding carboxylic acids is 1. The van der Waals surface area contributed by atoms with Crippen LogP contribution in [-0.4, -0.2) is 53.4 Å². The first-order valence-corrected chi connectivity index (χ1v) is 8.53. The van der Waals surface area contributed by atoms with E-state index in [1.165, 1.54) is 16.9 Å². The lowest BCUT2D eigenvalue weighted by atomic mass is 10.1. The van der Waals surface area contributed by atoms with Crippen LogP contribution < -0.4 is 5.32 Å². The minimum absolute atomic E-state index is 0.0306. The highest BCUT2D eigenvalue weighted by Gasteiger charge is 2.32. The molecule has 1 fully saturated rings. The van der Waals surface area contributed by atoms with Crippen molar-refractivity contribution in [3.8, 4) is 0 Å². The molecular formula is C16H22N2O2S. The summed E-state index contributed by atoms with van der Waals surface area (Å²) in [6, 6.07) is 8.62.